The summed E-state index contributed by atoms with van der Waals surface area (Å²) in [5, 5.41) is 3.33. The van der Waals surface area contributed by atoms with E-state index in [9.17, 15) is 9.59 Å². The lowest BCUT2D eigenvalue weighted by Crippen LogP contribution is -2.33. The number of carbonyl (C=O) groups is 2. The number of halogens is 1. The van der Waals surface area contributed by atoms with Crippen molar-refractivity contribution in [2.45, 2.75) is 26.3 Å². The molecule has 1 N–H and O–H groups in total. The van der Waals surface area contributed by atoms with Crippen LogP contribution in [0.3, 0.4) is 0 Å². The summed E-state index contributed by atoms with van der Waals surface area (Å²) in [4.78, 5) is 28.3. The predicted octanol–water partition coefficient (Wildman–Crippen LogP) is 6.06. The number of hydrogen-bond donors (Lipinski definition) is 1. The summed E-state index contributed by atoms with van der Waals surface area (Å²) in [5.41, 5.74) is 3.10. The van der Waals surface area contributed by atoms with Crippen LogP contribution in [0.1, 0.15) is 51.6 Å². The van der Waals surface area contributed by atoms with Crippen LogP contribution in [0, 0.1) is 5.92 Å². The van der Waals surface area contributed by atoms with E-state index in [2.05, 4.69) is 17.1 Å². The minimum absolute atomic E-state index is 0.186. The zero-order valence-electron chi connectivity index (χ0n) is 18.2. The molecule has 1 fully saturated rings. The van der Waals surface area contributed by atoms with Crippen molar-refractivity contribution in [3.63, 3.8) is 0 Å². The van der Waals surface area contributed by atoms with Gasteiger partial charge in [-0.3, -0.25) is 14.5 Å². The van der Waals surface area contributed by atoms with E-state index < -0.39 is 0 Å². The lowest BCUT2D eigenvalue weighted by Gasteiger charge is -2.30. The molecule has 1 aliphatic rings. The van der Waals surface area contributed by atoms with Crippen LogP contribution in [0.5, 0.6) is 0 Å². The normalized spacial score (nSPS) is 16.5. The lowest BCUT2D eigenvalue weighted by molar-refractivity contribution is 0.102. The first-order valence-electron chi connectivity index (χ1n) is 11.0. The second-order valence-corrected chi connectivity index (χ2v) is 8.96. The van der Waals surface area contributed by atoms with Gasteiger partial charge in [0.1, 0.15) is 0 Å². The number of nitrogens with one attached hydrogen (secondary N) is 1. The summed E-state index contributed by atoms with van der Waals surface area (Å²) in [5.74, 6) is 0.294. The van der Waals surface area contributed by atoms with Gasteiger partial charge in [-0.25, -0.2) is 0 Å². The number of likely N-dealkylation sites (tertiary alicyclic amines) is 1. The second-order valence-electron chi connectivity index (χ2n) is 8.52. The third-order valence-corrected chi connectivity index (χ3v) is 6.11. The Hall–Kier alpha value is -2.95. The van der Waals surface area contributed by atoms with Gasteiger partial charge >= 0.3 is 0 Å². The van der Waals surface area contributed by atoms with Gasteiger partial charge in [0, 0.05) is 34.8 Å². The molecule has 0 aliphatic carbocycles. The molecule has 0 unspecified atom stereocenters. The fourth-order valence-corrected chi connectivity index (χ4v) is 4.37. The van der Waals surface area contributed by atoms with Gasteiger partial charge in [0.05, 0.1) is 5.69 Å². The Morgan fingerprint density at radius 2 is 1.75 bits per heavy atom. The van der Waals surface area contributed by atoms with E-state index in [1.807, 2.05) is 42.5 Å². The molecule has 1 atom stereocenters. The van der Waals surface area contributed by atoms with Crippen LogP contribution >= 0.6 is 11.6 Å². The van der Waals surface area contributed by atoms with E-state index >= 15 is 0 Å². The van der Waals surface area contributed by atoms with Crippen molar-refractivity contribution in [1.82, 2.24) is 4.90 Å². The molecule has 32 heavy (non-hydrogen) atoms. The van der Waals surface area contributed by atoms with Crippen molar-refractivity contribution in [2.24, 2.45) is 5.92 Å². The Kier molecular flexibility index (Phi) is 7.03. The van der Waals surface area contributed by atoms with Gasteiger partial charge < -0.3 is 5.32 Å². The first-order chi connectivity index (χ1) is 15.5. The van der Waals surface area contributed by atoms with Crippen LogP contribution in [-0.4, -0.2) is 29.7 Å². The molecule has 1 aliphatic heterocycles. The molecule has 3 aromatic carbocycles. The van der Waals surface area contributed by atoms with Crippen molar-refractivity contribution in [3.8, 4) is 0 Å². The number of anilines is 1. The lowest BCUT2D eigenvalue weighted by atomic mass is 9.99. The van der Waals surface area contributed by atoms with E-state index in [1.54, 1.807) is 30.3 Å². The highest BCUT2D eigenvalue weighted by atomic mass is 35.5. The molecule has 5 heteroatoms. The molecule has 0 spiro atoms. The Morgan fingerprint density at radius 3 is 2.47 bits per heavy atom. The van der Waals surface area contributed by atoms with Crippen molar-refractivity contribution in [1.29, 1.82) is 0 Å². The third kappa shape index (κ3) is 5.45. The van der Waals surface area contributed by atoms with Crippen LogP contribution in [0.4, 0.5) is 5.69 Å². The summed E-state index contributed by atoms with van der Waals surface area (Å²) in [6.45, 7) is 5.45. The highest BCUT2D eigenvalue weighted by molar-refractivity contribution is 6.31. The molecule has 0 radical (unpaired) electrons. The Balaban J connectivity index is 1.47. The van der Waals surface area contributed by atoms with Gasteiger partial charge in [0.2, 0.25) is 0 Å². The zero-order valence-corrected chi connectivity index (χ0v) is 18.9. The topological polar surface area (TPSA) is 49.4 Å². The summed E-state index contributed by atoms with van der Waals surface area (Å²) >= 11 is 6.14. The minimum Gasteiger partial charge on any atom is -0.321 e. The molecule has 0 bridgehead atoms. The molecule has 4 rings (SSSR count). The summed E-state index contributed by atoms with van der Waals surface area (Å²) in [6, 6.07) is 21.6. The number of piperidine rings is 1. The van der Waals surface area contributed by atoms with E-state index in [4.69, 9.17) is 11.6 Å². The maximum atomic E-state index is 13.0. The molecule has 4 nitrogen and oxygen atoms in total. The van der Waals surface area contributed by atoms with Crippen molar-refractivity contribution in [2.75, 3.05) is 18.4 Å². The van der Waals surface area contributed by atoms with E-state index in [0.29, 0.717) is 27.4 Å². The monoisotopic (exact) mass is 446 g/mol. The maximum Gasteiger partial charge on any atom is 0.255 e. The maximum absolute atomic E-state index is 13.0. The van der Waals surface area contributed by atoms with E-state index in [0.717, 1.165) is 25.6 Å². The van der Waals surface area contributed by atoms with Gasteiger partial charge in [-0.15, -0.1) is 0 Å². The van der Waals surface area contributed by atoms with Gasteiger partial charge in [-0.2, -0.15) is 0 Å². The number of rotatable bonds is 6. The first kappa shape index (κ1) is 22.3. The number of hydrogen-bond acceptors (Lipinski definition) is 3. The molecule has 1 saturated heterocycles. The first-order valence-corrected chi connectivity index (χ1v) is 11.4. The fourth-order valence-electron chi connectivity index (χ4n) is 4.20. The molecule has 164 valence electrons. The van der Waals surface area contributed by atoms with Gasteiger partial charge in [-0.05, 0) is 61.2 Å². The second kappa shape index (κ2) is 10.1. The summed E-state index contributed by atoms with van der Waals surface area (Å²) in [7, 11) is 0. The highest BCUT2D eigenvalue weighted by Crippen LogP contribution is 2.25. The van der Waals surface area contributed by atoms with Crippen LogP contribution in [0.15, 0.2) is 72.8 Å². The van der Waals surface area contributed by atoms with Crippen LogP contribution in [-0.2, 0) is 6.54 Å². The van der Waals surface area contributed by atoms with Gasteiger partial charge in [0.25, 0.3) is 5.91 Å². The molecule has 0 saturated carbocycles. The average Bonchev–Trinajstić information content (AvgIpc) is 2.81. The number of ketones is 1. The number of benzene rings is 3. The van der Waals surface area contributed by atoms with Crippen LogP contribution < -0.4 is 5.32 Å². The SMILES string of the molecule is C[C@@H]1CCCN(Cc2ccc(C(=O)Nc3ccc(Cl)cc3C(=O)c3ccccc3)cc2)C1. The zero-order chi connectivity index (χ0) is 22.5. The number of nitrogens with zero attached hydrogens (tertiary/aromatic N) is 1. The van der Waals surface area contributed by atoms with Gasteiger partial charge in [0.15, 0.2) is 5.78 Å². The average molecular weight is 447 g/mol. The molecule has 1 heterocycles. The molecular weight excluding hydrogens is 420 g/mol. The Morgan fingerprint density at radius 1 is 1.00 bits per heavy atom. The fraction of sp³-hybridized carbons (Fsp3) is 0.259. The molecular formula is C27H27ClN2O2. The number of amides is 1. The summed E-state index contributed by atoms with van der Waals surface area (Å²) < 4.78 is 0. The summed E-state index contributed by atoms with van der Waals surface area (Å²) in [6.07, 6.45) is 2.54. The standard InChI is InChI=1S/C27H27ClN2O2/c1-19-6-5-15-30(17-19)18-20-9-11-22(12-10-20)27(32)29-25-14-13-23(28)16-24(25)26(31)21-7-3-2-4-8-21/h2-4,7-14,16,19H,5-6,15,17-18H2,1H3,(H,29,32)/t19-/m1/s1. The smallest absolute Gasteiger partial charge is 0.255 e. The van der Waals surface area contributed by atoms with Crippen molar-refractivity contribution >= 4 is 29.0 Å². The van der Waals surface area contributed by atoms with Crippen LogP contribution in [0.2, 0.25) is 5.02 Å². The molecule has 0 aromatic heterocycles. The van der Waals surface area contributed by atoms with E-state index in [-0.39, 0.29) is 11.7 Å². The molecule has 1 amide bonds. The largest absolute Gasteiger partial charge is 0.321 e. The van der Waals surface area contributed by atoms with E-state index in [1.165, 1.54) is 18.4 Å². The molecule has 3 aromatic rings. The van der Waals surface area contributed by atoms with Crippen molar-refractivity contribution < 1.29 is 9.59 Å². The highest BCUT2D eigenvalue weighted by Gasteiger charge is 2.18. The number of carbonyl (C=O) groups excluding carboxylic acids is 2. The predicted molar refractivity (Wildman–Crippen MR) is 129 cm³/mol. The van der Waals surface area contributed by atoms with Crippen LogP contribution in [0.25, 0.3) is 0 Å². The Bertz CT molecular complexity index is 1100. The Labute approximate surface area is 194 Å². The third-order valence-electron chi connectivity index (χ3n) is 5.87. The quantitative estimate of drug-likeness (QED) is 0.468. The minimum atomic E-state index is -0.257. The van der Waals surface area contributed by atoms with Crippen molar-refractivity contribution in [3.05, 3.63) is 100 Å². The van der Waals surface area contributed by atoms with Gasteiger partial charge in [-0.1, -0.05) is 61.0 Å².